The number of fused-ring (bicyclic) bond motifs is 3. The largest absolute Gasteiger partial charge is 0.358 e. The number of hydrogen-bond acceptors (Lipinski definition) is 1. The third-order valence-corrected chi connectivity index (χ3v) is 6.75. The van der Waals surface area contributed by atoms with Crippen molar-refractivity contribution in [1.82, 2.24) is 9.88 Å². The van der Waals surface area contributed by atoms with E-state index in [1.165, 1.54) is 60.1 Å². The summed E-state index contributed by atoms with van der Waals surface area (Å²) in [6.07, 6.45) is 7.32. The van der Waals surface area contributed by atoms with Crippen LogP contribution in [0.5, 0.6) is 0 Å². The minimum absolute atomic E-state index is 0.777. The molecule has 138 valence electrons. The van der Waals surface area contributed by atoms with Gasteiger partial charge in [-0.3, -0.25) is 4.90 Å². The Kier molecular flexibility index (Phi) is 4.66. The fourth-order valence-corrected chi connectivity index (χ4v) is 5.03. The lowest BCUT2D eigenvalue weighted by Gasteiger charge is -2.32. The standard InChI is InChI=1S/C24H25BrN2/c25-20-8-6-18(7-9-20)19-11-13-27(14-12-19)16-17-5-10-24-22(15-17)21-3-1-2-4-23(21)26-24/h1-4,6-9,11,17,26H,5,10,12-16H2. The van der Waals surface area contributed by atoms with Crippen LogP contribution in [0.15, 0.2) is 59.1 Å². The van der Waals surface area contributed by atoms with Gasteiger partial charge in [-0.2, -0.15) is 0 Å². The lowest BCUT2D eigenvalue weighted by molar-refractivity contribution is 0.238. The van der Waals surface area contributed by atoms with Crippen molar-refractivity contribution in [3.05, 3.63) is 75.9 Å². The Bertz CT molecular complexity index is 983. The highest BCUT2D eigenvalue weighted by Crippen LogP contribution is 2.33. The van der Waals surface area contributed by atoms with Crippen molar-refractivity contribution in [1.29, 1.82) is 0 Å². The van der Waals surface area contributed by atoms with Crippen molar-refractivity contribution in [2.24, 2.45) is 5.92 Å². The molecule has 0 radical (unpaired) electrons. The van der Waals surface area contributed by atoms with Gasteiger partial charge in [0.05, 0.1) is 0 Å². The lowest BCUT2D eigenvalue weighted by atomic mass is 9.85. The van der Waals surface area contributed by atoms with Crippen LogP contribution in [0, 0.1) is 5.92 Å². The van der Waals surface area contributed by atoms with E-state index in [4.69, 9.17) is 0 Å². The van der Waals surface area contributed by atoms with Gasteiger partial charge in [0, 0.05) is 40.7 Å². The molecule has 0 spiro atoms. The molecule has 1 unspecified atom stereocenters. The van der Waals surface area contributed by atoms with Gasteiger partial charge in [-0.15, -0.1) is 0 Å². The molecule has 2 heterocycles. The highest BCUT2D eigenvalue weighted by Gasteiger charge is 2.24. The summed E-state index contributed by atoms with van der Waals surface area (Å²) in [6.45, 7) is 3.49. The first-order valence-corrected chi connectivity index (χ1v) is 10.8. The van der Waals surface area contributed by atoms with Crippen molar-refractivity contribution >= 4 is 32.4 Å². The van der Waals surface area contributed by atoms with E-state index in [-0.39, 0.29) is 0 Å². The molecule has 0 amide bonds. The quantitative estimate of drug-likeness (QED) is 0.564. The van der Waals surface area contributed by atoms with E-state index in [0.29, 0.717) is 0 Å². The fourth-order valence-electron chi connectivity index (χ4n) is 4.77. The average molecular weight is 421 g/mol. The molecule has 2 aromatic carbocycles. The van der Waals surface area contributed by atoms with Gasteiger partial charge in [0.1, 0.15) is 0 Å². The van der Waals surface area contributed by atoms with Crippen molar-refractivity contribution in [2.75, 3.05) is 19.6 Å². The van der Waals surface area contributed by atoms with Gasteiger partial charge in [0.15, 0.2) is 0 Å². The Labute approximate surface area is 169 Å². The topological polar surface area (TPSA) is 19.0 Å². The molecule has 1 N–H and O–H groups in total. The van der Waals surface area contributed by atoms with E-state index in [9.17, 15) is 0 Å². The summed E-state index contributed by atoms with van der Waals surface area (Å²) < 4.78 is 1.15. The second-order valence-corrected chi connectivity index (χ2v) is 8.90. The number of para-hydroxylation sites is 1. The van der Waals surface area contributed by atoms with Gasteiger partial charge in [0.2, 0.25) is 0 Å². The molecule has 27 heavy (non-hydrogen) atoms. The molecule has 1 atom stereocenters. The molecule has 3 heteroatoms. The van der Waals surface area contributed by atoms with E-state index >= 15 is 0 Å². The Morgan fingerprint density at radius 2 is 1.89 bits per heavy atom. The molecule has 1 aliphatic carbocycles. The summed E-state index contributed by atoms with van der Waals surface area (Å²) in [7, 11) is 0. The minimum Gasteiger partial charge on any atom is -0.358 e. The number of aromatic nitrogens is 1. The van der Waals surface area contributed by atoms with E-state index in [0.717, 1.165) is 23.4 Å². The monoisotopic (exact) mass is 420 g/mol. The average Bonchev–Trinajstić information content (AvgIpc) is 3.07. The van der Waals surface area contributed by atoms with Crippen LogP contribution < -0.4 is 0 Å². The zero-order valence-corrected chi connectivity index (χ0v) is 17.1. The van der Waals surface area contributed by atoms with Crippen molar-refractivity contribution in [3.8, 4) is 0 Å². The van der Waals surface area contributed by atoms with Gasteiger partial charge in [-0.05, 0) is 66.5 Å². The van der Waals surface area contributed by atoms with Crippen LogP contribution in [0.4, 0.5) is 0 Å². The number of H-pyrrole nitrogens is 1. The number of nitrogens with one attached hydrogen (secondary N) is 1. The van der Waals surface area contributed by atoms with Gasteiger partial charge in [-0.25, -0.2) is 0 Å². The molecule has 2 aliphatic rings. The third-order valence-electron chi connectivity index (χ3n) is 6.22. The molecule has 0 fully saturated rings. The van der Waals surface area contributed by atoms with Crippen LogP contribution in [0.25, 0.3) is 16.5 Å². The number of rotatable bonds is 3. The molecular formula is C24H25BrN2. The molecule has 5 rings (SSSR count). The molecule has 0 bridgehead atoms. The second-order valence-electron chi connectivity index (χ2n) is 7.98. The smallest absolute Gasteiger partial charge is 0.0458 e. The van der Waals surface area contributed by atoms with Gasteiger partial charge in [0.25, 0.3) is 0 Å². The number of benzene rings is 2. The summed E-state index contributed by atoms with van der Waals surface area (Å²) >= 11 is 3.53. The number of aromatic amines is 1. The van der Waals surface area contributed by atoms with Gasteiger partial charge >= 0.3 is 0 Å². The first kappa shape index (κ1) is 17.3. The molecular weight excluding hydrogens is 396 g/mol. The van der Waals surface area contributed by atoms with Crippen molar-refractivity contribution < 1.29 is 0 Å². The SMILES string of the molecule is Brc1ccc(C2=CCN(CC3CCc4[nH]c5ccccc5c4C3)CC2)cc1. The van der Waals surface area contributed by atoms with E-state index in [1.54, 1.807) is 5.56 Å². The van der Waals surface area contributed by atoms with E-state index < -0.39 is 0 Å². The van der Waals surface area contributed by atoms with Crippen LogP contribution in [0.3, 0.4) is 0 Å². The Morgan fingerprint density at radius 3 is 2.70 bits per heavy atom. The predicted molar refractivity (Wildman–Crippen MR) is 117 cm³/mol. The highest BCUT2D eigenvalue weighted by atomic mass is 79.9. The molecule has 0 saturated heterocycles. The predicted octanol–water partition coefficient (Wildman–Crippen LogP) is 5.82. The zero-order chi connectivity index (χ0) is 18.2. The van der Waals surface area contributed by atoms with Crippen molar-refractivity contribution in [3.63, 3.8) is 0 Å². The van der Waals surface area contributed by atoms with Gasteiger partial charge < -0.3 is 4.98 Å². The van der Waals surface area contributed by atoms with Crippen LogP contribution in [-0.2, 0) is 12.8 Å². The van der Waals surface area contributed by atoms with Crippen LogP contribution in [0.2, 0.25) is 0 Å². The molecule has 1 aliphatic heterocycles. The summed E-state index contributed by atoms with van der Waals surface area (Å²) in [5.41, 5.74) is 7.23. The number of aryl methyl sites for hydroxylation is 1. The number of halogens is 1. The summed E-state index contributed by atoms with van der Waals surface area (Å²) in [5, 5.41) is 1.44. The van der Waals surface area contributed by atoms with E-state index in [2.05, 4.69) is 80.4 Å². The second kappa shape index (κ2) is 7.29. The van der Waals surface area contributed by atoms with E-state index in [1.807, 2.05) is 0 Å². The van der Waals surface area contributed by atoms with Crippen LogP contribution in [-0.4, -0.2) is 29.5 Å². The van der Waals surface area contributed by atoms with Gasteiger partial charge in [-0.1, -0.05) is 52.3 Å². The molecule has 1 aromatic heterocycles. The van der Waals surface area contributed by atoms with Crippen LogP contribution in [0.1, 0.15) is 29.7 Å². The summed E-state index contributed by atoms with van der Waals surface area (Å²) in [4.78, 5) is 6.29. The first-order valence-electron chi connectivity index (χ1n) is 10.0. The fraction of sp³-hybridized carbons (Fsp3) is 0.333. The Balaban J connectivity index is 1.25. The molecule has 3 aromatic rings. The lowest BCUT2D eigenvalue weighted by Crippen LogP contribution is -2.35. The maximum Gasteiger partial charge on any atom is 0.0458 e. The Morgan fingerprint density at radius 1 is 1.04 bits per heavy atom. The normalized spacial score (nSPS) is 20.5. The maximum atomic E-state index is 3.64. The Hall–Kier alpha value is -1.84. The maximum absolute atomic E-state index is 3.64. The zero-order valence-electron chi connectivity index (χ0n) is 15.5. The third kappa shape index (κ3) is 3.51. The number of nitrogens with zero attached hydrogens (tertiary/aromatic N) is 1. The van der Waals surface area contributed by atoms with Crippen molar-refractivity contribution in [2.45, 2.75) is 25.7 Å². The first-order chi connectivity index (χ1) is 13.3. The summed E-state index contributed by atoms with van der Waals surface area (Å²) in [6, 6.07) is 17.5. The molecule has 0 saturated carbocycles. The molecule has 2 nitrogen and oxygen atoms in total. The highest BCUT2D eigenvalue weighted by molar-refractivity contribution is 9.10. The van der Waals surface area contributed by atoms with Crippen LogP contribution >= 0.6 is 15.9 Å². The minimum atomic E-state index is 0.777. The summed E-state index contributed by atoms with van der Waals surface area (Å²) in [5.74, 6) is 0.777. The number of hydrogen-bond donors (Lipinski definition) is 1.